The average Bonchev–Trinajstić information content (AvgIpc) is 1.95. The summed E-state index contributed by atoms with van der Waals surface area (Å²) in [4.78, 5) is 0. The minimum absolute atomic E-state index is 0.271. The monoisotopic (exact) mass is 236 g/mol. The van der Waals surface area contributed by atoms with E-state index in [1.807, 2.05) is 0 Å². The van der Waals surface area contributed by atoms with Crippen LogP contribution in [0.4, 0.5) is 0 Å². The van der Waals surface area contributed by atoms with Crippen LogP contribution in [0.3, 0.4) is 0 Å². The van der Waals surface area contributed by atoms with Crippen LogP contribution in [-0.2, 0) is 4.43 Å². The summed E-state index contributed by atoms with van der Waals surface area (Å²) >= 11 is 6.28. The van der Waals surface area contributed by atoms with Gasteiger partial charge in [0.25, 0.3) is 0 Å². The van der Waals surface area contributed by atoms with Gasteiger partial charge in [0, 0.05) is 0 Å². The Balaban J connectivity index is 3.72. The zero-order valence-electron chi connectivity index (χ0n) is 9.30. The molecular weight excluding hydrogens is 216 g/mol. The maximum Gasteiger partial charge on any atom is 0.171 e. The first-order valence-corrected chi connectivity index (χ1v) is 10.5. The lowest BCUT2D eigenvalue weighted by molar-refractivity contribution is 0.374. The Bertz CT molecular complexity index is 163. The van der Waals surface area contributed by atoms with Crippen molar-refractivity contribution in [2.24, 2.45) is 0 Å². The van der Waals surface area contributed by atoms with Crippen molar-refractivity contribution in [1.29, 1.82) is 0 Å². The molecule has 0 aromatic carbocycles. The minimum atomic E-state index is -1.23. The molecule has 1 nitrogen and oxygen atoms in total. The van der Waals surface area contributed by atoms with Gasteiger partial charge in [-0.05, 0) is 18.1 Å². The minimum Gasteiger partial charge on any atom is -0.417 e. The summed E-state index contributed by atoms with van der Waals surface area (Å²) in [6.45, 7) is 11.7. The van der Waals surface area contributed by atoms with Gasteiger partial charge < -0.3 is 4.43 Å². The lowest BCUT2D eigenvalue weighted by Gasteiger charge is -2.20. The number of hydrogen-bond donors (Lipinski definition) is 0. The summed E-state index contributed by atoms with van der Waals surface area (Å²) < 4.78 is 5.52. The Morgan fingerprint density at radius 1 is 1.31 bits per heavy atom. The van der Waals surface area contributed by atoms with Crippen molar-refractivity contribution in [3.8, 4) is 0 Å². The van der Waals surface area contributed by atoms with Crippen molar-refractivity contribution >= 4 is 28.2 Å². The number of rotatable bonds is 4. The van der Waals surface area contributed by atoms with Crippen LogP contribution in [0, 0.1) is 0 Å². The lowest BCUT2D eigenvalue weighted by Crippen LogP contribution is -2.17. The van der Waals surface area contributed by atoms with E-state index in [4.69, 9.17) is 15.5 Å². The zero-order chi connectivity index (χ0) is 10.5. The van der Waals surface area contributed by atoms with Gasteiger partial charge >= 0.3 is 0 Å². The van der Waals surface area contributed by atoms with Gasteiger partial charge in [0.15, 0.2) is 17.1 Å². The molecule has 1 unspecified atom stereocenters. The first-order chi connectivity index (χ1) is 5.84. The van der Waals surface area contributed by atoms with E-state index in [-0.39, 0.29) is 5.04 Å². The first kappa shape index (κ1) is 13.4. The van der Waals surface area contributed by atoms with E-state index >= 15 is 0 Å². The van der Waals surface area contributed by atoms with Crippen molar-refractivity contribution < 1.29 is 4.43 Å². The standard InChI is InChI=1S/C9H21ClOSi2/c1-9(2,3)13(10)8-6-7-11-12(4)5/h6,8,12-13H,7H2,1-5H3. The highest BCUT2D eigenvalue weighted by molar-refractivity contribution is 7.11. The van der Waals surface area contributed by atoms with Crippen LogP contribution >= 0.6 is 11.1 Å². The molecule has 0 saturated heterocycles. The highest BCUT2D eigenvalue weighted by atomic mass is 35.6. The fourth-order valence-corrected chi connectivity index (χ4v) is 2.44. The van der Waals surface area contributed by atoms with E-state index in [0.29, 0.717) is 0 Å². The fourth-order valence-electron chi connectivity index (χ4n) is 0.712. The average molecular weight is 237 g/mol. The van der Waals surface area contributed by atoms with E-state index in [2.05, 4.69) is 45.6 Å². The Kier molecular flexibility index (Phi) is 6.21. The highest BCUT2D eigenvalue weighted by Crippen LogP contribution is 2.29. The van der Waals surface area contributed by atoms with Crippen LogP contribution in [0.2, 0.25) is 18.1 Å². The topological polar surface area (TPSA) is 9.23 Å². The molecule has 0 rings (SSSR count). The van der Waals surface area contributed by atoms with Crippen molar-refractivity contribution in [2.45, 2.75) is 38.9 Å². The molecule has 0 aliphatic carbocycles. The Hall–Kier alpha value is 0.424. The van der Waals surface area contributed by atoms with E-state index < -0.39 is 17.1 Å². The van der Waals surface area contributed by atoms with Gasteiger partial charge in [-0.25, -0.2) is 0 Å². The fraction of sp³-hybridized carbons (Fsp3) is 0.778. The molecule has 0 aliphatic rings. The van der Waals surface area contributed by atoms with Gasteiger partial charge in [-0.3, -0.25) is 0 Å². The van der Waals surface area contributed by atoms with E-state index in [0.717, 1.165) is 6.61 Å². The second-order valence-corrected chi connectivity index (χ2v) is 11.3. The van der Waals surface area contributed by atoms with Gasteiger partial charge in [0.2, 0.25) is 0 Å². The van der Waals surface area contributed by atoms with Crippen LogP contribution in [0.1, 0.15) is 20.8 Å². The third-order valence-corrected chi connectivity index (χ3v) is 7.18. The predicted octanol–water partition coefficient (Wildman–Crippen LogP) is 2.84. The highest BCUT2D eigenvalue weighted by Gasteiger charge is 2.21. The van der Waals surface area contributed by atoms with Gasteiger partial charge in [-0.15, -0.1) is 0 Å². The molecule has 0 heterocycles. The van der Waals surface area contributed by atoms with Crippen LogP contribution in [0.5, 0.6) is 0 Å². The molecule has 0 bridgehead atoms. The van der Waals surface area contributed by atoms with Gasteiger partial charge in [-0.2, -0.15) is 11.1 Å². The molecule has 0 N–H and O–H groups in total. The Labute approximate surface area is 90.2 Å². The smallest absolute Gasteiger partial charge is 0.171 e. The van der Waals surface area contributed by atoms with E-state index in [1.165, 1.54) is 0 Å². The number of halogens is 1. The van der Waals surface area contributed by atoms with Crippen molar-refractivity contribution in [3.05, 3.63) is 11.8 Å². The Morgan fingerprint density at radius 2 is 1.85 bits per heavy atom. The molecule has 0 spiro atoms. The van der Waals surface area contributed by atoms with Gasteiger partial charge in [0.1, 0.15) is 0 Å². The van der Waals surface area contributed by atoms with Crippen LogP contribution in [-0.4, -0.2) is 23.8 Å². The van der Waals surface area contributed by atoms with Crippen LogP contribution in [0.25, 0.3) is 0 Å². The SMILES string of the molecule is C[SiH](C)OCC=C[SiH](Cl)C(C)(C)C. The normalized spacial score (nSPS) is 15.6. The van der Waals surface area contributed by atoms with E-state index in [1.54, 1.807) is 0 Å². The predicted molar refractivity (Wildman–Crippen MR) is 66.7 cm³/mol. The van der Waals surface area contributed by atoms with Crippen LogP contribution < -0.4 is 0 Å². The van der Waals surface area contributed by atoms with Crippen molar-refractivity contribution in [2.75, 3.05) is 6.61 Å². The zero-order valence-corrected chi connectivity index (χ0v) is 12.4. The second kappa shape index (κ2) is 6.01. The Morgan fingerprint density at radius 3 is 2.23 bits per heavy atom. The molecule has 0 aromatic rings. The molecule has 0 aromatic heterocycles. The molecule has 0 radical (unpaired) electrons. The largest absolute Gasteiger partial charge is 0.417 e. The quantitative estimate of drug-likeness (QED) is 0.539. The van der Waals surface area contributed by atoms with Crippen molar-refractivity contribution in [1.82, 2.24) is 0 Å². The first-order valence-electron chi connectivity index (χ1n) is 4.76. The maximum atomic E-state index is 6.28. The summed E-state index contributed by atoms with van der Waals surface area (Å²) in [6, 6.07) is 0. The third-order valence-electron chi connectivity index (χ3n) is 1.66. The van der Waals surface area contributed by atoms with Crippen molar-refractivity contribution in [3.63, 3.8) is 0 Å². The summed E-state index contributed by atoms with van der Waals surface area (Å²) in [5.41, 5.74) is 2.17. The summed E-state index contributed by atoms with van der Waals surface area (Å²) in [7, 11) is -2.08. The molecule has 78 valence electrons. The maximum absolute atomic E-state index is 6.28. The molecule has 0 fully saturated rings. The molecule has 4 heteroatoms. The molecule has 13 heavy (non-hydrogen) atoms. The van der Waals surface area contributed by atoms with Crippen LogP contribution in [0.15, 0.2) is 11.8 Å². The second-order valence-electron chi connectivity index (χ2n) is 4.58. The number of hydrogen-bond acceptors (Lipinski definition) is 1. The van der Waals surface area contributed by atoms with Gasteiger partial charge in [-0.1, -0.05) is 32.5 Å². The molecule has 0 amide bonds. The molecule has 0 aliphatic heterocycles. The van der Waals surface area contributed by atoms with E-state index in [9.17, 15) is 0 Å². The summed E-state index contributed by atoms with van der Waals surface area (Å²) in [5, 5.41) is 0.271. The molecule has 1 atom stereocenters. The summed E-state index contributed by atoms with van der Waals surface area (Å²) in [5.74, 6) is 0. The third kappa shape index (κ3) is 7.49. The lowest BCUT2D eigenvalue weighted by atomic mass is 10.3. The molecular formula is C9H21ClOSi2. The molecule has 0 saturated carbocycles. The van der Waals surface area contributed by atoms with Gasteiger partial charge in [0.05, 0.1) is 6.61 Å². The summed E-state index contributed by atoms with van der Waals surface area (Å²) in [6.07, 6.45) is 2.09.